The highest BCUT2D eigenvalue weighted by Crippen LogP contribution is 2.13. The minimum atomic E-state index is -3.69. The molecule has 3 N–H and O–H groups in total. The van der Waals surface area contributed by atoms with E-state index in [-0.39, 0.29) is 11.4 Å². The van der Waals surface area contributed by atoms with E-state index in [1.807, 2.05) is 0 Å². The second-order valence-corrected chi connectivity index (χ2v) is 7.05. The quantitative estimate of drug-likeness (QED) is 0.524. The van der Waals surface area contributed by atoms with E-state index in [2.05, 4.69) is 4.72 Å². The summed E-state index contributed by atoms with van der Waals surface area (Å²) in [5.74, 6) is -0.978. The lowest BCUT2D eigenvalue weighted by atomic mass is 10.2. The third-order valence-electron chi connectivity index (χ3n) is 3.31. The molecule has 0 aliphatic rings. The van der Waals surface area contributed by atoms with Gasteiger partial charge in [0.05, 0.1) is 17.7 Å². The molecule has 1 atom stereocenters. The Balaban J connectivity index is 1.97. The van der Waals surface area contributed by atoms with Crippen LogP contribution >= 0.6 is 0 Å². The van der Waals surface area contributed by atoms with Gasteiger partial charge in [0.15, 0.2) is 6.10 Å². The molecule has 0 bridgehead atoms. The lowest BCUT2D eigenvalue weighted by molar-refractivity contribution is -0.148. The van der Waals surface area contributed by atoms with Gasteiger partial charge in [0.25, 0.3) is 5.91 Å². The van der Waals surface area contributed by atoms with Crippen LogP contribution in [-0.2, 0) is 30.9 Å². The number of hydrogen-bond acceptors (Lipinski definition) is 6. The highest BCUT2D eigenvalue weighted by atomic mass is 32.2. The molecule has 2 rings (SSSR count). The van der Waals surface area contributed by atoms with Gasteiger partial charge >= 0.3 is 5.97 Å². The second kappa shape index (κ2) is 8.45. The van der Waals surface area contributed by atoms with Gasteiger partial charge in [-0.25, -0.2) is 17.9 Å². The molecule has 138 valence electrons. The molecule has 9 heteroatoms. The number of amides is 1. The maximum Gasteiger partial charge on any atom is 0.331 e. The Labute approximate surface area is 150 Å². The molecule has 0 saturated heterocycles. The Bertz CT molecular complexity index is 886. The van der Waals surface area contributed by atoms with Crippen LogP contribution in [0.3, 0.4) is 0 Å². The van der Waals surface area contributed by atoms with Crippen LogP contribution in [-0.4, -0.2) is 26.4 Å². The van der Waals surface area contributed by atoms with E-state index in [9.17, 15) is 18.0 Å². The van der Waals surface area contributed by atoms with Crippen molar-refractivity contribution >= 4 is 28.0 Å². The van der Waals surface area contributed by atoms with E-state index in [1.165, 1.54) is 43.5 Å². The van der Waals surface area contributed by atoms with Crippen molar-refractivity contribution in [2.24, 2.45) is 5.73 Å². The van der Waals surface area contributed by atoms with Gasteiger partial charge in [-0.2, -0.15) is 0 Å². The molecule has 1 heterocycles. The average Bonchev–Trinajstić information content (AvgIpc) is 3.12. The van der Waals surface area contributed by atoms with Crippen molar-refractivity contribution in [3.05, 3.63) is 60.1 Å². The van der Waals surface area contributed by atoms with Crippen molar-refractivity contribution < 1.29 is 27.2 Å². The summed E-state index contributed by atoms with van der Waals surface area (Å²) in [6, 6.07) is 9.20. The van der Waals surface area contributed by atoms with Gasteiger partial charge in [-0.1, -0.05) is 12.1 Å². The molecule has 0 saturated carbocycles. The summed E-state index contributed by atoms with van der Waals surface area (Å²) < 4.78 is 36.7. The van der Waals surface area contributed by atoms with Crippen molar-refractivity contribution in [1.29, 1.82) is 0 Å². The molecule has 8 nitrogen and oxygen atoms in total. The smallest absolute Gasteiger partial charge is 0.331 e. The number of benzene rings is 1. The zero-order chi connectivity index (χ0) is 19.2. The second-order valence-electron chi connectivity index (χ2n) is 5.29. The van der Waals surface area contributed by atoms with E-state index in [1.54, 1.807) is 12.1 Å². The molecular formula is C17H18N2O6S. The number of hydrogen-bond donors (Lipinski definition) is 2. The summed E-state index contributed by atoms with van der Waals surface area (Å²) in [7, 11) is -3.69. The van der Waals surface area contributed by atoms with Gasteiger partial charge < -0.3 is 14.9 Å². The van der Waals surface area contributed by atoms with E-state index in [0.717, 1.165) is 6.08 Å². The van der Waals surface area contributed by atoms with Crippen molar-refractivity contribution in [2.75, 3.05) is 0 Å². The SMILES string of the molecule is CC(OC(=O)/C=C/c1ccc(S(=O)(=O)NCc2ccco2)cc1)C(N)=O. The molecule has 0 aliphatic carbocycles. The summed E-state index contributed by atoms with van der Waals surface area (Å²) in [4.78, 5) is 22.4. The van der Waals surface area contributed by atoms with Crippen molar-refractivity contribution in [3.8, 4) is 0 Å². The first-order valence-electron chi connectivity index (χ1n) is 7.58. The monoisotopic (exact) mass is 378 g/mol. The Morgan fingerprint density at radius 1 is 1.27 bits per heavy atom. The van der Waals surface area contributed by atoms with Crippen molar-refractivity contribution in [3.63, 3.8) is 0 Å². The number of rotatable bonds is 8. The van der Waals surface area contributed by atoms with Crippen LogP contribution in [0.5, 0.6) is 0 Å². The summed E-state index contributed by atoms with van der Waals surface area (Å²) in [5, 5.41) is 0. The maximum absolute atomic E-state index is 12.2. The minimum absolute atomic E-state index is 0.0425. The molecule has 0 aliphatic heterocycles. The fourth-order valence-corrected chi connectivity index (χ4v) is 2.85. The lowest BCUT2D eigenvalue weighted by Crippen LogP contribution is -2.29. The first kappa shape index (κ1) is 19.4. The Morgan fingerprint density at radius 2 is 1.96 bits per heavy atom. The highest BCUT2D eigenvalue weighted by Gasteiger charge is 2.14. The first-order valence-corrected chi connectivity index (χ1v) is 9.06. The fraction of sp³-hybridized carbons (Fsp3) is 0.176. The van der Waals surface area contributed by atoms with Gasteiger partial charge in [-0.3, -0.25) is 4.79 Å². The third-order valence-corrected chi connectivity index (χ3v) is 4.73. The van der Waals surface area contributed by atoms with Crippen LogP contribution in [0.1, 0.15) is 18.2 Å². The largest absolute Gasteiger partial charge is 0.468 e. The minimum Gasteiger partial charge on any atom is -0.468 e. The Hall–Kier alpha value is -2.91. The zero-order valence-electron chi connectivity index (χ0n) is 13.9. The van der Waals surface area contributed by atoms with Crippen molar-refractivity contribution in [2.45, 2.75) is 24.5 Å². The standard InChI is InChI=1S/C17H18N2O6S/c1-12(17(18)21)25-16(20)9-6-13-4-7-15(8-5-13)26(22,23)19-11-14-3-2-10-24-14/h2-10,12,19H,11H2,1H3,(H2,18,21)/b9-6+. The molecule has 0 radical (unpaired) electrons. The topological polar surface area (TPSA) is 129 Å². The predicted molar refractivity (Wildman–Crippen MR) is 93.0 cm³/mol. The van der Waals surface area contributed by atoms with Gasteiger partial charge in [0, 0.05) is 6.08 Å². The van der Waals surface area contributed by atoms with Crippen LogP contribution in [0, 0.1) is 0 Å². The predicted octanol–water partition coefficient (Wildman–Crippen LogP) is 1.19. The number of primary amides is 1. The first-order chi connectivity index (χ1) is 12.3. The number of ether oxygens (including phenoxy) is 1. The van der Waals surface area contributed by atoms with Crippen LogP contribution < -0.4 is 10.5 Å². The molecule has 2 aromatic rings. The lowest BCUT2D eigenvalue weighted by Gasteiger charge is -2.07. The van der Waals surface area contributed by atoms with Gasteiger partial charge in [-0.15, -0.1) is 0 Å². The Kier molecular flexibility index (Phi) is 6.31. The number of nitrogens with one attached hydrogen (secondary N) is 1. The van der Waals surface area contributed by atoms with E-state index < -0.39 is 28.0 Å². The number of carbonyl (C=O) groups is 2. The molecule has 1 amide bonds. The number of furan rings is 1. The normalized spacial score (nSPS) is 12.8. The van der Waals surface area contributed by atoms with E-state index in [4.69, 9.17) is 14.9 Å². The molecule has 0 fully saturated rings. The maximum atomic E-state index is 12.2. The number of carbonyl (C=O) groups excluding carboxylic acids is 2. The molecule has 26 heavy (non-hydrogen) atoms. The molecular weight excluding hydrogens is 360 g/mol. The van der Waals surface area contributed by atoms with Gasteiger partial charge in [0.1, 0.15) is 5.76 Å². The third kappa shape index (κ3) is 5.57. The number of esters is 1. The summed E-state index contributed by atoms with van der Waals surface area (Å²) in [6.45, 7) is 1.41. The molecule has 1 aromatic heterocycles. The molecule has 1 unspecified atom stereocenters. The van der Waals surface area contributed by atoms with E-state index in [0.29, 0.717) is 11.3 Å². The van der Waals surface area contributed by atoms with Crippen LogP contribution in [0.25, 0.3) is 6.08 Å². The highest BCUT2D eigenvalue weighted by molar-refractivity contribution is 7.89. The van der Waals surface area contributed by atoms with Crippen molar-refractivity contribution in [1.82, 2.24) is 4.72 Å². The summed E-state index contributed by atoms with van der Waals surface area (Å²) >= 11 is 0. The zero-order valence-corrected chi connectivity index (χ0v) is 14.7. The van der Waals surface area contributed by atoms with Crippen LogP contribution in [0.15, 0.2) is 58.1 Å². The number of nitrogens with two attached hydrogens (primary N) is 1. The van der Waals surface area contributed by atoms with Crippen LogP contribution in [0.4, 0.5) is 0 Å². The summed E-state index contributed by atoms with van der Waals surface area (Å²) in [6.07, 6.45) is 2.99. The molecule has 1 aromatic carbocycles. The Morgan fingerprint density at radius 3 is 2.54 bits per heavy atom. The number of sulfonamides is 1. The molecule has 0 spiro atoms. The van der Waals surface area contributed by atoms with Gasteiger partial charge in [0.2, 0.25) is 10.0 Å². The van der Waals surface area contributed by atoms with Crippen LogP contribution in [0.2, 0.25) is 0 Å². The fourth-order valence-electron chi connectivity index (χ4n) is 1.86. The van der Waals surface area contributed by atoms with E-state index >= 15 is 0 Å². The van der Waals surface area contributed by atoms with Gasteiger partial charge in [-0.05, 0) is 42.8 Å². The average molecular weight is 378 g/mol. The summed E-state index contributed by atoms with van der Waals surface area (Å²) in [5.41, 5.74) is 5.58.